The second-order valence-corrected chi connectivity index (χ2v) is 16.1. The number of rotatable bonds is 8. The maximum Gasteiger partial charge on any atom is 0.306 e. The first-order chi connectivity index (χ1) is 19.2. The Kier molecular flexibility index (Phi) is 8.45. The number of unbranched alkanes of at least 4 members (excludes halogenated alkanes) is 5. The summed E-state index contributed by atoms with van der Waals surface area (Å²) in [5.74, 6) is 4.77. The first-order valence-corrected chi connectivity index (χ1v) is 17.7. The lowest BCUT2D eigenvalue weighted by atomic mass is 9.44. The van der Waals surface area contributed by atoms with Crippen LogP contribution in [-0.2, 0) is 19.0 Å². The van der Waals surface area contributed by atoms with Crippen molar-refractivity contribution in [3.63, 3.8) is 0 Å². The van der Waals surface area contributed by atoms with Crippen molar-refractivity contribution in [1.82, 2.24) is 0 Å². The van der Waals surface area contributed by atoms with Gasteiger partial charge in [0.1, 0.15) is 6.10 Å². The Morgan fingerprint density at radius 1 is 0.850 bits per heavy atom. The lowest BCUT2D eigenvalue weighted by Gasteiger charge is -2.61. The minimum absolute atomic E-state index is 0.0620. The number of fused-ring (bicyclic) bond motifs is 7. The molecule has 2 heterocycles. The third-order valence-electron chi connectivity index (χ3n) is 13.9. The molecule has 1 spiro atoms. The lowest BCUT2D eigenvalue weighted by molar-refractivity contribution is -0.273. The smallest absolute Gasteiger partial charge is 0.306 e. The molecule has 12 atom stereocenters. The third kappa shape index (κ3) is 5.01. The number of ether oxygens (including phenoxy) is 3. The summed E-state index contributed by atoms with van der Waals surface area (Å²) in [6.45, 7) is 13.2. The average Bonchev–Trinajstić information content (AvgIpc) is 3.38. The fourth-order valence-corrected chi connectivity index (χ4v) is 11.6. The van der Waals surface area contributed by atoms with Crippen molar-refractivity contribution in [3.8, 4) is 0 Å². The molecule has 4 heteroatoms. The molecule has 2 saturated heterocycles. The molecular weight excluding hydrogens is 496 g/mol. The van der Waals surface area contributed by atoms with E-state index < -0.39 is 0 Å². The highest BCUT2D eigenvalue weighted by molar-refractivity contribution is 5.69. The van der Waals surface area contributed by atoms with Gasteiger partial charge < -0.3 is 14.2 Å². The average molecular weight is 557 g/mol. The lowest BCUT2D eigenvalue weighted by Crippen LogP contribution is -2.55. The summed E-state index contributed by atoms with van der Waals surface area (Å²) in [7, 11) is 0. The van der Waals surface area contributed by atoms with Gasteiger partial charge in [0, 0.05) is 18.8 Å². The van der Waals surface area contributed by atoms with E-state index in [-0.39, 0.29) is 17.9 Å². The molecule has 4 nitrogen and oxygen atoms in total. The number of carbonyl (C=O) groups excluding carboxylic acids is 1. The fraction of sp³-hybridized carbons (Fsp3) is 0.972. The van der Waals surface area contributed by atoms with E-state index in [1.165, 1.54) is 77.0 Å². The second kappa shape index (κ2) is 11.5. The van der Waals surface area contributed by atoms with Gasteiger partial charge in [-0.15, -0.1) is 0 Å². The Hall–Kier alpha value is -0.610. The predicted octanol–water partition coefficient (Wildman–Crippen LogP) is 9.10. The zero-order chi connectivity index (χ0) is 28.1. The number of esters is 1. The van der Waals surface area contributed by atoms with Crippen LogP contribution in [0.5, 0.6) is 0 Å². The van der Waals surface area contributed by atoms with Crippen LogP contribution in [0.4, 0.5) is 0 Å². The molecule has 6 rings (SSSR count). The van der Waals surface area contributed by atoms with Gasteiger partial charge in [0.05, 0.1) is 12.7 Å². The van der Waals surface area contributed by atoms with Crippen molar-refractivity contribution in [3.05, 3.63) is 0 Å². The normalized spacial score (nSPS) is 49.7. The Bertz CT molecular complexity index is 893. The summed E-state index contributed by atoms with van der Waals surface area (Å²) < 4.78 is 19.6. The van der Waals surface area contributed by atoms with Crippen LogP contribution in [0.15, 0.2) is 0 Å². The monoisotopic (exact) mass is 556 g/mol. The molecule has 2 aliphatic heterocycles. The summed E-state index contributed by atoms with van der Waals surface area (Å²) in [4.78, 5) is 12.6. The number of hydrogen-bond donors (Lipinski definition) is 0. The summed E-state index contributed by atoms with van der Waals surface area (Å²) in [6.07, 6.45) is 20.9. The zero-order valence-corrected chi connectivity index (χ0v) is 26.6. The van der Waals surface area contributed by atoms with E-state index >= 15 is 0 Å². The fourth-order valence-electron chi connectivity index (χ4n) is 11.6. The maximum atomic E-state index is 12.6. The van der Waals surface area contributed by atoms with Gasteiger partial charge >= 0.3 is 5.97 Å². The van der Waals surface area contributed by atoms with E-state index in [1.807, 2.05) is 0 Å². The van der Waals surface area contributed by atoms with Gasteiger partial charge in [-0.05, 0) is 111 Å². The molecule has 0 unspecified atom stereocenters. The van der Waals surface area contributed by atoms with Gasteiger partial charge in [-0.1, -0.05) is 66.7 Å². The van der Waals surface area contributed by atoms with Gasteiger partial charge in [0.15, 0.2) is 5.79 Å². The molecule has 6 fully saturated rings. The van der Waals surface area contributed by atoms with E-state index in [2.05, 4.69) is 34.6 Å². The predicted molar refractivity (Wildman–Crippen MR) is 160 cm³/mol. The molecule has 4 aliphatic carbocycles. The summed E-state index contributed by atoms with van der Waals surface area (Å²) in [6, 6.07) is 0. The van der Waals surface area contributed by atoms with Crippen molar-refractivity contribution in [2.24, 2.45) is 52.3 Å². The van der Waals surface area contributed by atoms with Crippen molar-refractivity contribution in [2.75, 3.05) is 6.61 Å². The minimum atomic E-state index is -0.304. The summed E-state index contributed by atoms with van der Waals surface area (Å²) in [5, 5.41) is 0. The molecule has 228 valence electrons. The maximum absolute atomic E-state index is 12.6. The molecule has 0 amide bonds. The van der Waals surface area contributed by atoms with Crippen LogP contribution < -0.4 is 0 Å². The quantitative estimate of drug-likeness (QED) is 0.221. The number of carbonyl (C=O) groups is 1. The molecule has 0 radical (unpaired) electrons. The molecule has 4 saturated carbocycles. The van der Waals surface area contributed by atoms with Crippen LogP contribution in [0.1, 0.15) is 144 Å². The van der Waals surface area contributed by atoms with Crippen LogP contribution in [0, 0.1) is 52.3 Å². The van der Waals surface area contributed by atoms with Crippen LogP contribution in [0.2, 0.25) is 0 Å². The Labute approximate surface area is 245 Å². The molecule has 0 aromatic rings. The largest absolute Gasteiger partial charge is 0.462 e. The van der Waals surface area contributed by atoms with Crippen molar-refractivity contribution in [1.29, 1.82) is 0 Å². The van der Waals surface area contributed by atoms with Gasteiger partial charge in [0.25, 0.3) is 0 Å². The molecule has 6 aliphatic rings. The van der Waals surface area contributed by atoms with Crippen LogP contribution >= 0.6 is 0 Å². The van der Waals surface area contributed by atoms with E-state index in [0.717, 1.165) is 56.0 Å². The first-order valence-electron chi connectivity index (χ1n) is 17.7. The number of hydrogen-bond acceptors (Lipinski definition) is 4. The Morgan fingerprint density at radius 2 is 1.62 bits per heavy atom. The van der Waals surface area contributed by atoms with E-state index in [9.17, 15) is 4.79 Å². The third-order valence-corrected chi connectivity index (χ3v) is 13.9. The van der Waals surface area contributed by atoms with Crippen molar-refractivity contribution < 1.29 is 19.0 Å². The van der Waals surface area contributed by atoms with Gasteiger partial charge in [0.2, 0.25) is 0 Å². The van der Waals surface area contributed by atoms with Gasteiger partial charge in [-0.3, -0.25) is 4.79 Å². The van der Waals surface area contributed by atoms with E-state index in [0.29, 0.717) is 41.1 Å². The minimum Gasteiger partial charge on any atom is -0.462 e. The van der Waals surface area contributed by atoms with Crippen molar-refractivity contribution in [2.45, 2.75) is 162 Å². The highest BCUT2D eigenvalue weighted by Crippen LogP contribution is 2.71. The second-order valence-electron chi connectivity index (χ2n) is 16.1. The highest BCUT2D eigenvalue weighted by atomic mass is 16.7. The molecule has 0 N–H and O–H groups in total. The topological polar surface area (TPSA) is 44.8 Å². The Morgan fingerprint density at radius 3 is 2.40 bits per heavy atom. The summed E-state index contributed by atoms with van der Waals surface area (Å²) >= 11 is 0. The Balaban J connectivity index is 1.05. The molecule has 40 heavy (non-hydrogen) atoms. The van der Waals surface area contributed by atoms with Crippen LogP contribution in [0.3, 0.4) is 0 Å². The van der Waals surface area contributed by atoms with Crippen LogP contribution in [-0.4, -0.2) is 30.6 Å². The standard InChI is InChI=1S/C36H60O4/c1-6-7-8-9-10-11-12-32(37)39-27-16-18-34(4)26(21-27)13-14-28-29(34)17-19-35(5)30(28)22-31-33(35)25(3)36(40-31)20-15-24(2)23-38-36/h24-31,33H,6-23H2,1-5H3/t24-,25+,26+,27-,28-,29-,30+,31+,33+,34+,35+,36-/m1/s1. The van der Waals surface area contributed by atoms with E-state index in [4.69, 9.17) is 14.2 Å². The first kappa shape index (κ1) is 29.5. The van der Waals surface area contributed by atoms with Gasteiger partial charge in [-0.2, -0.15) is 0 Å². The van der Waals surface area contributed by atoms with E-state index in [1.54, 1.807) is 0 Å². The molecule has 0 aromatic carbocycles. The summed E-state index contributed by atoms with van der Waals surface area (Å²) in [5.41, 5.74) is 0.814. The SMILES string of the molecule is CCCCCCCCC(=O)O[C@@H]1CC[C@@]2(C)[C@@H](CC[C@@H]3[C@H]2CC[C@]2(C)[C@@H]4[C@H](C[C@@H]32)O[C@]2(CC[C@@H](C)CO2)[C@H]4C)C1. The van der Waals surface area contributed by atoms with Crippen molar-refractivity contribution >= 4 is 5.97 Å². The van der Waals surface area contributed by atoms with Crippen LogP contribution in [0.25, 0.3) is 0 Å². The molecule has 0 bridgehead atoms. The molecule has 0 aromatic heterocycles. The molecular formula is C36H60O4. The highest BCUT2D eigenvalue weighted by Gasteiger charge is 2.69. The van der Waals surface area contributed by atoms with Gasteiger partial charge in [-0.25, -0.2) is 0 Å². The zero-order valence-electron chi connectivity index (χ0n) is 26.6.